The highest BCUT2D eigenvalue weighted by Crippen LogP contribution is 2.16. The summed E-state index contributed by atoms with van der Waals surface area (Å²) >= 11 is 0. The fourth-order valence-electron chi connectivity index (χ4n) is 2.15. The molecule has 2 N–H and O–H groups in total. The van der Waals surface area contributed by atoms with E-state index in [0.29, 0.717) is 6.04 Å². The van der Waals surface area contributed by atoms with Crippen LogP contribution < -0.4 is 15.4 Å². The highest BCUT2D eigenvalue weighted by atomic mass is 16.5. The van der Waals surface area contributed by atoms with Crippen molar-refractivity contribution in [1.29, 1.82) is 0 Å². The van der Waals surface area contributed by atoms with Crippen molar-refractivity contribution < 1.29 is 9.47 Å². The summed E-state index contributed by atoms with van der Waals surface area (Å²) in [6.07, 6.45) is 1.09. The second kappa shape index (κ2) is 7.36. The number of ether oxygens (including phenoxy) is 2. The summed E-state index contributed by atoms with van der Waals surface area (Å²) in [7, 11) is 1.71. The van der Waals surface area contributed by atoms with Gasteiger partial charge in [-0.3, -0.25) is 0 Å². The van der Waals surface area contributed by atoms with E-state index in [0.717, 1.165) is 45.0 Å². The molecule has 18 heavy (non-hydrogen) atoms. The smallest absolute Gasteiger partial charge is 0.123 e. The summed E-state index contributed by atoms with van der Waals surface area (Å²) in [6.45, 7) is 4.47. The Hall–Kier alpha value is -1.10. The summed E-state index contributed by atoms with van der Waals surface area (Å²) in [5.74, 6) is 0.948. The molecule has 0 radical (unpaired) electrons. The first-order valence-electron chi connectivity index (χ1n) is 6.54. The maximum Gasteiger partial charge on any atom is 0.123 e. The standard InChI is InChI=1S/C14H22N2O2/c1-17-14-5-3-2-4-12(14)10-15-7-6-13-11-18-9-8-16-13/h2-5,13,15-16H,6-11H2,1H3. The molecule has 1 unspecified atom stereocenters. The highest BCUT2D eigenvalue weighted by molar-refractivity contribution is 5.32. The Morgan fingerprint density at radius 1 is 1.44 bits per heavy atom. The van der Waals surface area contributed by atoms with Gasteiger partial charge < -0.3 is 20.1 Å². The van der Waals surface area contributed by atoms with Crippen LogP contribution in [-0.2, 0) is 11.3 Å². The van der Waals surface area contributed by atoms with E-state index >= 15 is 0 Å². The molecule has 4 nitrogen and oxygen atoms in total. The molecule has 0 saturated carbocycles. The number of hydrogen-bond donors (Lipinski definition) is 2. The maximum absolute atomic E-state index is 5.42. The number of nitrogens with one attached hydrogen (secondary N) is 2. The van der Waals surface area contributed by atoms with E-state index in [-0.39, 0.29) is 0 Å². The average molecular weight is 250 g/mol. The Morgan fingerprint density at radius 2 is 2.33 bits per heavy atom. The van der Waals surface area contributed by atoms with Crippen LogP contribution in [0.5, 0.6) is 5.75 Å². The second-order valence-corrected chi connectivity index (χ2v) is 4.50. The van der Waals surface area contributed by atoms with Crippen molar-refractivity contribution in [2.24, 2.45) is 0 Å². The van der Waals surface area contributed by atoms with Crippen LogP contribution in [0, 0.1) is 0 Å². The van der Waals surface area contributed by atoms with Crippen molar-refractivity contribution in [3.05, 3.63) is 29.8 Å². The molecule has 1 atom stereocenters. The minimum Gasteiger partial charge on any atom is -0.496 e. The first-order valence-corrected chi connectivity index (χ1v) is 6.54. The van der Waals surface area contributed by atoms with Crippen LogP contribution >= 0.6 is 0 Å². The lowest BCUT2D eigenvalue weighted by atomic mass is 10.1. The van der Waals surface area contributed by atoms with E-state index in [9.17, 15) is 0 Å². The molecule has 0 spiro atoms. The summed E-state index contributed by atoms with van der Waals surface area (Å²) in [4.78, 5) is 0. The largest absolute Gasteiger partial charge is 0.496 e. The first-order chi connectivity index (χ1) is 8.90. The van der Waals surface area contributed by atoms with Crippen LogP contribution in [0.15, 0.2) is 24.3 Å². The molecule has 100 valence electrons. The zero-order valence-electron chi connectivity index (χ0n) is 10.9. The normalized spacial score (nSPS) is 19.7. The summed E-state index contributed by atoms with van der Waals surface area (Å²) in [5, 5.41) is 6.90. The number of benzene rings is 1. The average Bonchev–Trinajstić information content (AvgIpc) is 2.45. The number of hydrogen-bond acceptors (Lipinski definition) is 4. The van der Waals surface area contributed by atoms with E-state index in [2.05, 4.69) is 16.7 Å². The highest BCUT2D eigenvalue weighted by Gasteiger charge is 2.11. The zero-order valence-corrected chi connectivity index (χ0v) is 10.9. The molecule has 1 aromatic rings. The van der Waals surface area contributed by atoms with Gasteiger partial charge in [-0.15, -0.1) is 0 Å². The molecule has 2 rings (SSSR count). The molecule has 1 heterocycles. The molecule has 1 saturated heterocycles. The van der Waals surface area contributed by atoms with Crippen LogP contribution in [0.25, 0.3) is 0 Å². The minimum absolute atomic E-state index is 0.490. The number of methoxy groups -OCH3 is 1. The Morgan fingerprint density at radius 3 is 3.11 bits per heavy atom. The molecule has 0 amide bonds. The lowest BCUT2D eigenvalue weighted by Gasteiger charge is -2.23. The fourth-order valence-corrected chi connectivity index (χ4v) is 2.15. The lowest BCUT2D eigenvalue weighted by molar-refractivity contribution is 0.0742. The number of rotatable bonds is 6. The maximum atomic E-state index is 5.42. The molecule has 0 aromatic heterocycles. The van der Waals surface area contributed by atoms with Gasteiger partial charge in [0.2, 0.25) is 0 Å². The molecule has 0 aliphatic carbocycles. The first kappa shape index (κ1) is 13.3. The predicted molar refractivity (Wildman–Crippen MR) is 71.9 cm³/mol. The zero-order chi connectivity index (χ0) is 12.6. The SMILES string of the molecule is COc1ccccc1CNCCC1COCCN1. The second-order valence-electron chi connectivity index (χ2n) is 4.50. The van der Waals surface area contributed by atoms with Crippen molar-refractivity contribution in [3.63, 3.8) is 0 Å². The third-order valence-electron chi connectivity index (χ3n) is 3.18. The van der Waals surface area contributed by atoms with Crippen LogP contribution in [-0.4, -0.2) is 39.5 Å². The molecule has 4 heteroatoms. The monoisotopic (exact) mass is 250 g/mol. The van der Waals surface area contributed by atoms with Crippen LogP contribution in [0.4, 0.5) is 0 Å². The number of morpholine rings is 1. The van der Waals surface area contributed by atoms with E-state index in [4.69, 9.17) is 9.47 Å². The Kier molecular flexibility index (Phi) is 5.45. The van der Waals surface area contributed by atoms with Gasteiger partial charge in [0.15, 0.2) is 0 Å². The lowest BCUT2D eigenvalue weighted by Crippen LogP contribution is -2.42. The molecule has 0 bridgehead atoms. The minimum atomic E-state index is 0.490. The summed E-state index contributed by atoms with van der Waals surface area (Å²) in [5.41, 5.74) is 1.20. The van der Waals surface area contributed by atoms with Gasteiger partial charge in [0, 0.05) is 24.7 Å². The third-order valence-corrected chi connectivity index (χ3v) is 3.18. The number of para-hydroxylation sites is 1. The van der Waals surface area contributed by atoms with Crippen LogP contribution in [0.1, 0.15) is 12.0 Å². The van der Waals surface area contributed by atoms with Crippen molar-refractivity contribution in [2.45, 2.75) is 19.0 Å². The van der Waals surface area contributed by atoms with Crippen molar-refractivity contribution in [2.75, 3.05) is 33.4 Å². The topological polar surface area (TPSA) is 42.5 Å². The molecule has 1 aromatic carbocycles. The van der Waals surface area contributed by atoms with Gasteiger partial charge >= 0.3 is 0 Å². The van der Waals surface area contributed by atoms with E-state index < -0.39 is 0 Å². The van der Waals surface area contributed by atoms with Crippen molar-refractivity contribution in [1.82, 2.24) is 10.6 Å². The van der Waals surface area contributed by atoms with E-state index in [1.807, 2.05) is 18.2 Å². The Labute approximate surface area is 109 Å². The van der Waals surface area contributed by atoms with Gasteiger partial charge in [-0.05, 0) is 19.0 Å². The summed E-state index contributed by atoms with van der Waals surface area (Å²) in [6, 6.07) is 8.60. The molecule has 1 aliphatic rings. The van der Waals surface area contributed by atoms with E-state index in [1.165, 1.54) is 5.56 Å². The van der Waals surface area contributed by atoms with Crippen LogP contribution in [0.2, 0.25) is 0 Å². The van der Waals surface area contributed by atoms with E-state index in [1.54, 1.807) is 7.11 Å². The third kappa shape index (κ3) is 3.98. The molecule has 1 fully saturated rings. The Balaban J connectivity index is 1.68. The summed E-state index contributed by atoms with van der Waals surface area (Å²) < 4.78 is 10.7. The van der Waals surface area contributed by atoms with Gasteiger partial charge in [-0.25, -0.2) is 0 Å². The van der Waals surface area contributed by atoms with Gasteiger partial charge in [-0.1, -0.05) is 18.2 Å². The quantitative estimate of drug-likeness (QED) is 0.744. The van der Waals surface area contributed by atoms with Crippen LogP contribution in [0.3, 0.4) is 0 Å². The van der Waals surface area contributed by atoms with Crippen molar-refractivity contribution in [3.8, 4) is 5.75 Å². The fraction of sp³-hybridized carbons (Fsp3) is 0.571. The van der Waals surface area contributed by atoms with Gasteiger partial charge in [0.05, 0.1) is 20.3 Å². The van der Waals surface area contributed by atoms with Gasteiger partial charge in [-0.2, -0.15) is 0 Å². The molecular weight excluding hydrogens is 228 g/mol. The Bertz CT molecular complexity index is 351. The van der Waals surface area contributed by atoms with Gasteiger partial charge in [0.1, 0.15) is 5.75 Å². The molecule has 1 aliphatic heterocycles. The predicted octanol–water partition coefficient (Wildman–Crippen LogP) is 1.16. The van der Waals surface area contributed by atoms with Crippen molar-refractivity contribution >= 4 is 0 Å². The molecular formula is C14H22N2O2. The van der Waals surface area contributed by atoms with Gasteiger partial charge in [0.25, 0.3) is 0 Å².